The number of benzene rings is 2. The van der Waals surface area contributed by atoms with E-state index in [2.05, 4.69) is 4.40 Å². The standard InChI is InChI=1S/C20H19ClN2O5S/c1-27-17-9-8-14(21)11-13(17)12-28-20(24)16-6-4-10-23(16)19-15-5-2-3-7-18(15)29(25,26)22-19/h2-3,5,7-9,11,16H,4,6,10,12H2,1H3/t16-/m0/s1. The molecule has 0 N–H and O–H groups in total. The van der Waals surface area contributed by atoms with Crippen molar-refractivity contribution in [2.45, 2.75) is 30.4 Å². The van der Waals surface area contributed by atoms with Gasteiger partial charge in [-0.2, -0.15) is 8.42 Å². The number of halogens is 1. The Bertz CT molecular complexity index is 1100. The molecule has 2 aliphatic rings. The van der Waals surface area contributed by atoms with Crippen molar-refractivity contribution in [3.05, 3.63) is 58.6 Å². The van der Waals surface area contributed by atoms with Crippen LogP contribution in [0.2, 0.25) is 5.02 Å². The summed E-state index contributed by atoms with van der Waals surface area (Å²) in [4.78, 5) is 14.7. The summed E-state index contributed by atoms with van der Waals surface area (Å²) in [5, 5.41) is 0.515. The number of rotatable bonds is 4. The average molecular weight is 435 g/mol. The zero-order valence-electron chi connectivity index (χ0n) is 15.7. The molecule has 0 unspecified atom stereocenters. The molecule has 1 atom stereocenters. The second kappa shape index (κ2) is 7.68. The van der Waals surface area contributed by atoms with E-state index in [1.54, 1.807) is 41.3 Å². The molecule has 2 aromatic rings. The number of fused-ring (bicyclic) bond motifs is 1. The quantitative estimate of drug-likeness (QED) is 0.687. The van der Waals surface area contributed by atoms with Gasteiger partial charge in [-0.3, -0.25) is 0 Å². The molecule has 0 amide bonds. The molecule has 2 aliphatic heterocycles. The van der Waals surface area contributed by atoms with Gasteiger partial charge in [0, 0.05) is 22.7 Å². The maximum atomic E-state index is 12.8. The van der Waals surface area contributed by atoms with Gasteiger partial charge in [0.2, 0.25) is 0 Å². The van der Waals surface area contributed by atoms with Crippen LogP contribution in [0.25, 0.3) is 0 Å². The van der Waals surface area contributed by atoms with Crippen molar-refractivity contribution in [2.75, 3.05) is 13.7 Å². The smallest absolute Gasteiger partial charge is 0.329 e. The van der Waals surface area contributed by atoms with E-state index in [-0.39, 0.29) is 11.5 Å². The highest BCUT2D eigenvalue weighted by Gasteiger charge is 2.39. The molecule has 152 valence electrons. The lowest BCUT2D eigenvalue weighted by Crippen LogP contribution is -2.41. The van der Waals surface area contributed by atoms with E-state index < -0.39 is 22.0 Å². The summed E-state index contributed by atoms with van der Waals surface area (Å²) in [6, 6.07) is 11.1. The fourth-order valence-corrected chi connectivity index (χ4v) is 5.08. The van der Waals surface area contributed by atoms with Crippen molar-refractivity contribution in [3.63, 3.8) is 0 Å². The number of carbonyl (C=O) groups is 1. The zero-order valence-corrected chi connectivity index (χ0v) is 17.2. The summed E-state index contributed by atoms with van der Waals surface area (Å²) in [6.07, 6.45) is 1.30. The minimum atomic E-state index is -3.75. The van der Waals surface area contributed by atoms with Gasteiger partial charge in [-0.25, -0.2) is 4.79 Å². The second-order valence-electron chi connectivity index (χ2n) is 6.80. The van der Waals surface area contributed by atoms with Crippen LogP contribution in [0.15, 0.2) is 51.8 Å². The van der Waals surface area contributed by atoms with Gasteiger partial charge >= 0.3 is 5.97 Å². The molecule has 0 aromatic heterocycles. The molecule has 0 radical (unpaired) electrons. The second-order valence-corrected chi connectivity index (χ2v) is 8.81. The van der Waals surface area contributed by atoms with Crippen LogP contribution in [0.1, 0.15) is 24.0 Å². The molecule has 0 aliphatic carbocycles. The lowest BCUT2D eigenvalue weighted by molar-refractivity contribution is -0.149. The minimum Gasteiger partial charge on any atom is -0.496 e. The first-order valence-corrected chi connectivity index (χ1v) is 10.9. The van der Waals surface area contributed by atoms with Gasteiger partial charge in [-0.15, -0.1) is 4.40 Å². The van der Waals surface area contributed by atoms with E-state index in [1.165, 1.54) is 13.2 Å². The first-order chi connectivity index (χ1) is 13.9. The molecule has 2 heterocycles. The number of sulfonamides is 1. The Morgan fingerprint density at radius 3 is 2.86 bits per heavy atom. The summed E-state index contributed by atoms with van der Waals surface area (Å²) >= 11 is 6.02. The van der Waals surface area contributed by atoms with Crippen molar-refractivity contribution >= 4 is 33.4 Å². The van der Waals surface area contributed by atoms with E-state index in [4.69, 9.17) is 21.1 Å². The molecule has 29 heavy (non-hydrogen) atoms. The highest BCUT2D eigenvalue weighted by atomic mass is 35.5. The number of amidine groups is 1. The summed E-state index contributed by atoms with van der Waals surface area (Å²) < 4.78 is 39.4. The fourth-order valence-electron chi connectivity index (χ4n) is 3.67. The van der Waals surface area contributed by atoms with Crippen molar-refractivity contribution < 1.29 is 22.7 Å². The molecule has 0 bridgehead atoms. The van der Waals surface area contributed by atoms with E-state index in [0.717, 1.165) is 6.42 Å². The highest BCUT2D eigenvalue weighted by molar-refractivity contribution is 7.90. The first kappa shape index (κ1) is 19.7. The Morgan fingerprint density at radius 2 is 2.07 bits per heavy atom. The van der Waals surface area contributed by atoms with Crippen LogP contribution in [0.3, 0.4) is 0 Å². The Hall–Kier alpha value is -2.58. The van der Waals surface area contributed by atoms with Gasteiger partial charge in [0.15, 0.2) is 5.84 Å². The van der Waals surface area contributed by atoms with Gasteiger partial charge in [-0.05, 0) is 43.2 Å². The zero-order chi connectivity index (χ0) is 20.6. The van der Waals surface area contributed by atoms with E-state index in [1.807, 2.05) is 0 Å². The van der Waals surface area contributed by atoms with Crippen LogP contribution in [0.5, 0.6) is 5.75 Å². The van der Waals surface area contributed by atoms with E-state index in [0.29, 0.717) is 40.7 Å². The van der Waals surface area contributed by atoms with Crippen LogP contribution in [-0.2, 0) is 26.2 Å². The number of likely N-dealkylation sites (tertiary alicyclic amines) is 1. The van der Waals surface area contributed by atoms with Gasteiger partial charge in [-0.1, -0.05) is 23.7 Å². The molecule has 1 fully saturated rings. The molecule has 2 aromatic carbocycles. The molecule has 9 heteroatoms. The third kappa shape index (κ3) is 3.70. The van der Waals surface area contributed by atoms with Crippen molar-refractivity contribution in [2.24, 2.45) is 4.40 Å². The number of ether oxygens (including phenoxy) is 2. The van der Waals surface area contributed by atoms with Crippen LogP contribution in [0, 0.1) is 0 Å². The lowest BCUT2D eigenvalue weighted by Gasteiger charge is -2.25. The molecule has 0 spiro atoms. The van der Waals surface area contributed by atoms with Gasteiger partial charge in [0.1, 0.15) is 23.3 Å². The summed E-state index contributed by atoms with van der Waals surface area (Å²) in [7, 11) is -2.22. The maximum Gasteiger partial charge on any atom is 0.329 e. The Kier molecular flexibility index (Phi) is 5.23. The number of esters is 1. The number of carbonyl (C=O) groups excluding carboxylic acids is 1. The first-order valence-electron chi connectivity index (χ1n) is 9.11. The Balaban J connectivity index is 1.54. The van der Waals surface area contributed by atoms with Gasteiger partial charge < -0.3 is 14.4 Å². The van der Waals surface area contributed by atoms with E-state index in [9.17, 15) is 13.2 Å². The van der Waals surface area contributed by atoms with Crippen LogP contribution in [0.4, 0.5) is 0 Å². The Morgan fingerprint density at radius 1 is 1.28 bits per heavy atom. The number of methoxy groups -OCH3 is 1. The maximum absolute atomic E-state index is 12.8. The molecule has 1 saturated heterocycles. The van der Waals surface area contributed by atoms with Crippen LogP contribution >= 0.6 is 11.6 Å². The fraction of sp³-hybridized carbons (Fsp3) is 0.300. The van der Waals surface area contributed by atoms with Crippen molar-refractivity contribution in [3.8, 4) is 5.75 Å². The number of hydrogen-bond acceptors (Lipinski definition) is 6. The highest BCUT2D eigenvalue weighted by Crippen LogP contribution is 2.31. The SMILES string of the molecule is COc1ccc(Cl)cc1COC(=O)[C@@H]1CCCN1C1=NS(=O)(=O)c2ccccc21. The third-order valence-corrected chi connectivity index (χ3v) is 6.58. The molecule has 4 rings (SSSR count). The average Bonchev–Trinajstić information content (AvgIpc) is 3.29. The predicted octanol–water partition coefficient (Wildman–Crippen LogP) is 3.01. The summed E-state index contributed by atoms with van der Waals surface area (Å²) in [5.41, 5.74) is 1.17. The Labute approximate surface area is 174 Å². The van der Waals surface area contributed by atoms with E-state index >= 15 is 0 Å². The van der Waals surface area contributed by atoms with Gasteiger partial charge in [0.25, 0.3) is 10.0 Å². The van der Waals surface area contributed by atoms with Crippen molar-refractivity contribution in [1.29, 1.82) is 0 Å². The lowest BCUT2D eigenvalue weighted by atomic mass is 10.1. The van der Waals surface area contributed by atoms with Crippen LogP contribution in [-0.4, -0.2) is 44.8 Å². The number of hydrogen-bond donors (Lipinski definition) is 0. The predicted molar refractivity (Wildman–Crippen MR) is 108 cm³/mol. The molecular weight excluding hydrogens is 416 g/mol. The van der Waals surface area contributed by atoms with Gasteiger partial charge in [0.05, 0.1) is 7.11 Å². The summed E-state index contributed by atoms with van der Waals surface area (Å²) in [5.74, 6) is 0.445. The third-order valence-electron chi connectivity index (χ3n) is 5.02. The monoisotopic (exact) mass is 434 g/mol. The van der Waals surface area contributed by atoms with Crippen LogP contribution < -0.4 is 4.74 Å². The molecule has 0 saturated carbocycles. The van der Waals surface area contributed by atoms with Crippen molar-refractivity contribution in [1.82, 2.24) is 4.90 Å². The molecule has 7 nitrogen and oxygen atoms in total. The number of nitrogens with zero attached hydrogens (tertiary/aromatic N) is 2. The summed E-state index contributed by atoms with van der Waals surface area (Å²) in [6.45, 7) is 0.539. The normalized spacial score (nSPS) is 19.6. The largest absolute Gasteiger partial charge is 0.496 e. The molecular formula is C20H19ClN2O5S. The topological polar surface area (TPSA) is 85.3 Å². The minimum absolute atomic E-state index is 0.00820.